The Hall–Kier alpha value is -1.11. The molecule has 1 fully saturated rings. The van der Waals surface area contributed by atoms with Crippen LogP contribution in [0.5, 0.6) is 0 Å². The first-order chi connectivity index (χ1) is 8.08. The first-order valence-electron chi connectivity index (χ1n) is 5.53. The van der Waals surface area contributed by atoms with Crippen molar-refractivity contribution < 1.29 is 13.2 Å². The minimum atomic E-state index is -3.44. The minimum Gasteiger partial charge on any atom is -0.399 e. The summed E-state index contributed by atoms with van der Waals surface area (Å²) >= 11 is 0. The Labute approximate surface area is 101 Å². The number of hydrogen-bond acceptors (Lipinski definition) is 4. The molecule has 1 aliphatic rings. The molecule has 0 amide bonds. The zero-order valence-corrected chi connectivity index (χ0v) is 10.2. The first-order valence-corrected chi connectivity index (χ1v) is 7.02. The van der Waals surface area contributed by atoms with Gasteiger partial charge in [0.15, 0.2) is 0 Å². The van der Waals surface area contributed by atoms with E-state index < -0.39 is 10.0 Å². The molecule has 17 heavy (non-hydrogen) atoms. The average molecular weight is 256 g/mol. The summed E-state index contributed by atoms with van der Waals surface area (Å²) in [6, 6.07) is 6.15. The fraction of sp³-hybridized carbons (Fsp3) is 0.455. The van der Waals surface area contributed by atoms with Gasteiger partial charge < -0.3 is 10.5 Å². The molecule has 1 aromatic rings. The largest absolute Gasteiger partial charge is 0.399 e. The maximum Gasteiger partial charge on any atom is 0.240 e. The molecule has 0 bridgehead atoms. The van der Waals surface area contributed by atoms with Crippen LogP contribution in [0.25, 0.3) is 0 Å². The molecule has 6 heteroatoms. The van der Waals surface area contributed by atoms with Crippen LogP contribution in [0.2, 0.25) is 0 Å². The lowest BCUT2D eigenvalue weighted by molar-refractivity contribution is 0.0832. The number of sulfonamides is 1. The van der Waals surface area contributed by atoms with Gasteiger partial charge in [-0.3, -0.25) is 0 Å². The molecule has 2 rings (SSSR count). The number of anilines is 1. The molecule has 1 heterocycles. The van der Waals surface area contributed by atoms with Crippen LogP contribution in [0, 0.1) is 0 Å². The zero-order chi connectivity index (χ0) is 12.3. The van der Waals surface area contributed by atoms with E-state index in [0.717, 1.165) is 0 Å². The fourth-order valence-corrected chi connectivity index (χ4v) is 3.05. The van der Waals surface area contributed by atoms with Gasteiger partial charge >= 0.3 is 0 Å². The summed E-state index contributed by atoms with van der Waals surface area (Å²) in [6.45, 7) is 1.21. The second kappa shape index (κ2) is 5.03. The Morgan fingerprint density at radius 1 is 1.18 bits per heavy atom. The van der Waals surface area contributed by atoms with E-state index in [2.05, 4.69) is 4.72 Å². The van der Waals surface area contributed by atoms with E-state index in [9.17, 15) is 8.42 Å². The number of nitrogens with one attached hydrogen (secondary N) is 1. The number of nitrogens with two attached hydrogens (primary N) is 1. The molecule has 0 spiro atoms. The lowest BCUT2D eigenvalue weighted by Gasteiger charge is -2.22. The normalized spacial score (nSPS) is 18.1. The molecule has 1 saturated heterocycles. The molecule has 0 atom stereocenters. The van der Waals surface area contributed by atoms with Gasteiger partial charge in [0, 0.05) is 24.9 Å². The smallest absolute Gasteiger partial charge is 0.240 e. The van der Waals surface area contributed by atoms with Crippen LogP contribution in [0.15, 0.2) is 29.2 Å². The van der Waals surface area contributed by atoms with Crippen LogP contribution < -0.4 is 10.5 Å². The standard InChI is InChI=1S/C11H16N2O3S/c12-9-1-3-11(4-2-9)17(14,15)13-10-5-7-16-8-6-10/h1-4,10,13H,5-8,12H2. The van der Waals surface area contributed by atoms with Gasteiger partial charge in [-0.15, -0.1) is 0 Å². The third-order valence-corrected chi connectivity index (χ3v) is 4.27. The molecule has 0 aromatic heterocycles. The van der Waals surface area contributed by atoms with E-state index in [0.29, 0.717) is 31.7 Å². The van der Waals surface area contributed by atoms with Crippen molar-refractivity contribution >= 4 is 15.7 Å². The summed E-state index contributed by atoms with van der Waals surface area (Å²) in [5.41, 5.74) is 6.07. The maximum atomic E-state index is 12.0. The summed E-state index contributed by atoms with van der Waals surface area (Å²) < 4.78 is 31.9. The first kappa shape index (κ1) is 12.3. The molecule has 1 aromatic carbocycles. The molecule has 0 unspecified atom stereocenters. The van der Waals surface area contributed by atoms with Gasteiger partial charge in [0.1, 0.15) is 0 Å². The van der Waals surface area contributed by atoms with E-state index >= 15 is 0 Å². The second-order valence-corrected chi connectivity index (χ2v) is 5.79. The molecule has 5 nitrogen and oxygen atoms in total. The van der Waals surface area contributed by atoms with Crippen molar-refractivity contribution in [1.82, 2.24) is 4.72 Å². The van der Waals surface area contributed by atoms with Gasteiger partial charge in [-0.2, -0.15) is 0 Å². The summed E-state index contributed by atoms with van der Waals surface area (Å²) in [4.78, 5) is 0.248. The Morgan fingerprint density at radius 2 is 1.76 bits per heavy atom. The van der Waals surface area contributed by atoms with E-state index in [1.165, 1.54) is 12.1 Å². The number of hydrogen-bond donors (Lipinski definition) is 2. The predicted octanol–water partition coefficient (Wildman–Crippen LogP) is 0.726. The van der Waals surface area contributed by atoms with Crippen molar-refractivity contribution in [2.45, 2.75) is 23.8 Å². The molecule has 3 N–H and O–H groups in total. The van der Waals surface area contributed by atoms with Crippen LogP contribution in [-0.2, 0) is 14.8 Å². The molecule has 0 radical (unpaired) electrons. The molecule has 1 aliphatic heterocycles. The van der Waals surface area contributed by atoms with Crippen molar-refractivity contribution in [1.29, 1.82) is 0 Å². The van der Waals surface area contributed by atoms with E-state index in [1.54, 1.807) is 12.1 Å². The van der Waals surface area contributed by atoms with E-state index in [-0.39, 0.29) is 10.9 Å². The Bertz CT molecular complexity index is 464. The quantitative estimate of drug-likeness (QED) is 0.781. The number of benzene rings is 1. The SMILES string of the molecule is Nc1ccc(S(=O)(=O)NC2CCOCC2)cc1. The zero-order valence-electron chi connectivity index (χ0n) is 9.43. The summed E-state index contributed by atoms with van der Waals surface area (Å²) in [5.74, 6) is 0. The van der Waals surface area contributed by atoms with Crippen molar-refractivity contribution in [3.63, 3.8) is 0 Å². The molecule has 94 valence electrons. The molecule has 0 aliphatic carbocycles. The lowest BCUT2D eigenvalue weighted by Crippen LogP contribution is -2.38. The molecular formula is C11H16N2O3S. The molecule has 0 saturated carbocycles. The van der Waals surface area contributed by atoms with Gasteiger partial charge in [-0.25, -0.2) is 13.1 Å². The Balaban J connectivity index is 2.10. The lowest BCUT2D eigenvalue weighted by atomic mass is 10.1. The predicted molar refractivity (Wildman–Crippen MR) is 65.0 cm³/mol. The van der Waals surface area contributed by atoms with Crippen molar-refractivity contribution in [2.75, 3.05) is 18.9 Å². The van der Waals surface area contributed by atoms with E-state index in [4.69, 9.17) is 10.5 Å². The van der Waals surface area contributed by atoms with Crippen LogP contribution in [0.1, 0.15) is 12.8 Å². The number of rotatable bonds is 3. The monoisotopic (exact) mass is 256 g/mol. The summed E-state index contributed by atoms with van der Waals surface area (Å²) in [7, 11) is -3.44. The topological polar surface area (TPSA) is 81.4 Å². The molecular weight excluding hydrogens is 240 g/mol. The van der Waals surface area contributed by atoms with Gasteiger partial charge in [-0.05, 0) is 37.1 Å². The van der Waals surface area contributed by atoms with Crippen molar-refractivity contribution in [2.24, 2.45) is 0 Å². The second-order valence-electron chi connectivity index (χ2n) is 4.08. The van der Waals surface area contributed by atoms with Crippen LogP contribution in [-0.4, -0.2) is 27.7 Å². The highest BCUT2D eigenvalue weighted by Gasteiger charge is 2.21. The van der Waals surface area contributed by atoms with Crippen molar-refractivity contribution in [3.05, 3.63) is 24.3 Å². The highest BCUT2D eigenvalue weighted by Crippen LogP contribution is 2.14. The fourth-order valence-electron chi connectivity index (χ4n) is 1.75. The van der Waals surface area contributed by atoms with Gasteiger partial charge in [-0.1, -0.05) is 0 Å². The third kappa shape index (κ3) is 3.18. The maximum absolute atomic E-state index is 12.0. The third-order valence-electron chi connectivity index (χ3n) is 2.73. The average Bonchev–Trinajstić information content (AvgIpc) is 2.30. The summed E-state index contributed by atoms with van der Waals surface area (Å²) in [5, 5.41) is 0. The highest BCUT2D eigenvalue weighted by molar-refractivity contribution is 7.89. The Morgan fingerprint density at radius 3 is 2.35 bits per heavy atom. The number of nitrogen functional groups attached to an aromatic ring is 1. The van der Waals surface area contributed by atoms with E-state index in [1.807, 2.05) is 0 Å². The van der Waals surface area contributed by atoms with Crippen LogP contribution >= 0.6 is 0 Å². The summed E-state index contributed by atoms with van der Waals surface area (Å²) in [6.07, 6.45) is 1.43. The van der Waals surface area contributed by atoms with Gasteiger partial charge in [0.05, 0.1) is 4.90 Å². The minimum absolute atomic E-state index is 0.0358. The van der Waals surface area contributed by atoms with Gasteiger partial charge in [0.2, 0.25) is 10.0 Å². The van der Waals surface area contributed by atoms with Crippen LogP contribution in [0.3, 0.4) is 0 Å². The van der Waals surface area contributed by atoms with Crippen LogP contribution in [0.4, 0.5) is 5.69 Å². The van der Waals surface area contributed by atoms with Crippen molar-refractivity contribution in [3.8, 4) is 0 Å². The Kier molecular flexibility index (Phi) is 3.66. The highest BCUT2D eigenvalue weighted by atomic mass is 32.2. The number of ether oxygens (including phenoxy) is 1. The van der Waals surface area contributed by atoms with Gasteiger partial charge in [0.25, 0.3) is 0 Å².